The van der Waals surface area contributed by atoms with Crippen LogP contribution in [0.1, 0.15) is 24.5 Å². The number of anilines is 1. The molecule has 21 heavy (non-hydrogen) atoms. The molecule has 0 bridgehead atoms. The van der Waals surface area contributed by atoms with Crippen LogP contribution in [-0.2, 0) is 0 Å². The lowest BCUT2D eigenvalue weighted by atomic mass is 9.87. The fourth-order valence-electron chi connectivity index (χ4n) is 2.85. The van der Waals surface area contributed by atoms with E-state index in [0.29, 0.717) is 5.15 Å². The molecule has 1 saturated heterocycles. The van der Waals surface area contributed by atoms with E-state index < -0.39 is 6.10 Å². The third-order valence-corrected chi connectivity index (χ3v) is 4.23. The molecule has 110 valence electrons. The second-order valence-electron chi connectivity index (χ2n) is 5.38. The predicted molar refractivity (Wildman–Crippen MR) is 83.4 cm³/mol. The molecule has 4 nitrogen and oxygen atoms in total. The number of aliphatic hydroxyl groups is 1. The number of benzene rings is 1. The lowest BCUT2D eigenvalue weighted by molar-refractivity contribution is 0.0929. The lowest BCUT2D eigenvalue weighted by Gasteiger charge is -2.34. The minimum Gasteiger partial charge on any atom is -0.388 e. The van der Waals surface area contributed by atoms with E-state index in [1.165, 1.54) is 6.20 Å². The second-order valence-corrected chi connectivity index (χ2v) is 5.77. The molecule has 1 aromatic carbocycles. The fraction of sp³-hybridized carbons (Fsp3) is 0.375. The Morgan fingerprint density at radius 2 is 1.86 bits per heavy atom. The van der Waals surface area contributed by atoms with Gasteiger partial charge in [0.05, 0.1) is 18.5 Å². The normalized spacial score (nSPS) is 17.7. The summed E-state index contributed by atoms with van der Waals surface area (Å²) >= 11 is 5.88. The molecule has 1 atom stereocenters. The Balaban J connectivity index is 1.63. The number of piperidine rings is 1. The Hall–Kier alpha value is -1.65. The largest absolute Gasteiger partial charge is 0.388 e. The van der Waals surface area contributed by atoms with Gasteiger partial charge in [-0.3, -0.25) is 4.98 Å². The predicted octanol–water partition coefficient (Wildman–Crippen LogP) is 3.08. The Bertz CT molecular complexity index is 585. The van der Waals surface area contributed by atoms with Crippen molar-refractivity contribution < 1.29 is 5.11 Å². The summed E-state index contributed by atoms with van der Waals surface area (Å²) in [5, 5.41) is 10.9. The van der Waals surface area contributed by atoms with Crippen molar-refractivity contribution in [1.82, 2.24) is 9.97 Å². The maximum Gasteiger partial charge on any atom is 0.149 e. The molecule has 2 aromatic rings. The lowest BCUT2D eigenvalue weighted by Crippen LogP contribution is -2.36. The van der Waals surface area contributed by atoms with Gasteiger partial charge in [0, 0.05) is 13.1 Å². The van der Waals surface area contributed by atoms with E-state index in [1.807, 2.05) is 30.3 Å². The molecule has 1 N–H and O–H groups in total. The zero-order valence-electron chi connectivity index (χ0n) is 11.7. The monoisotopic (exact) mass is 303 g/mol. The van der Waals surface area contributed by atoms with E-state index in [-0.39, 0.29) is 5.92 Å². The Kier molecular flexibility index (Phi) is 4.36. The molecule has 3 rings (SSSR count). The van der Waals surface area contributed by atoms with E-state index in [0.717, 1.165) is 37.3 Å². The summed E-state index contributed by atoms with van der Waals surface area (Å²) in [5.41, 5.74) is 0.999. The van der Waals surface area contributed by atoms with Crippen molar-refractivity contribution in [3.05, 3.63) is 53.4 Å². The van der Waals surface area contributed by atoms with Crippen LogP contribution in [0.2, 0.25) is 5.15 Å². The third-order valence-electron chi connectivity index (χ3n) is 4.04. The topological polar surface area (TPSA) is 49.2 Å². The molecular formula is C16H18ClN3O. The van der Waals surface area contributed by atoms with Crippen LogP contribution in [0.25, 0.3) is 0 Å². The molecule has 1 fully saturated rings. The first kappa shape index (κ1) is 14.3. The van der Waals surface area contributed by atoms with Crippen molar-refractivity contribution in [3.63, 3.8) is 0 Å². The highest BCUT2D eigenvalue weighted by Gasteiger charge is 2.26. The molecule has 0 spiro atoms. The number of halogens is 1. The van der Waals surface area contributed by atoms with E-state index in [1.54, 1.807) is 6.20 Å². The molecule has 0 aliphatic carbocycles. The van der Waals surface area contributed by atoms with E-state index in [4.69, 9.17) is 11.6 Å². The molecule has 1 aliphatic heterocycles. The Morgan fingerprint density at radius 3 is 2.52 bits per heavy atom. The van der Waals surface area contributed by atoms with Crippen molar-refractivity contribution in [2.45, 2.75) is 18.9 Å². The van der Waals surface area contributed by atoms with Gasteiger partial charge in [-0.2, -0.15) is 0 Å². The molecule has 0 amide bonds. The highest BCUT2D eigenvalue weighted by Crippen LogP contribution is 2.31. The first-order valence-corrected chi connectivity index (χ1v) is 7.57. The summed E-state index contributed by atoms with van der Waals surface area (Å²) in [5.74, 6) is 1.10. The first-order valence-electron chi connectivity index (χ1n) is 7.19. The van der Waals surface area contributed by atoms with Gasteiger partial charge in [0.1, 0.15) is 11.0 Å². The standard InChI is InChI=1S/C16H18ClN3O/c17-14-10-18-11-15(19-14)20-8-6-13(7-9-20)16(21)12-4-2-1-3-5-12/h1-5,10-11,13,16,21H,6-9H2/t16-/m1/s1. The third kappa shape index (κ3) is 3.34. The fourth-order valence-corrected chi connectivity index (χ4v) is 2.99. The molecule has 1 aromatic heterocycles. The van der Waals surface area contributed by atoms with E-state index in [9.17, 15) is 5.11 Å². The number of aromatic nitrogens is 2. The zero-order chi connectivity index (χ0) is 14.7. The van der Waals surface area contributed by atoms with Crippen LogP contribution in [0.3, 0.4) is 0 Å². The van der Waals surface area contributed by atoms with Crippen molar-refractivity contribution >= 4 is 17.4 Å². The minimum absolute atomic E-state index is 0.288. The van der Waals surface area contributed by atoms with Gasteiger partial charge in [0.15, 0.2) is 0 Å². The van der Waals surface area contributed by atoms with Crippen molar-refractivity contribution in [2.75, 3.05) is 18.0 Å². The molecular weight excluding hydrogens is 286 g/mol. The average molecular weight is 304 g/mol. The van der Waals surface area contributed by atoms with Gasteiger partial charge in [-0.15, -0.1) is 0 Å². The number of nitrogens with zero attached hydrogens (tertiary/aromatic N) is 3. The van der Waals surface area contributed by atoms with Crippen LogP contribution in [0.4, 0.5) is 5.82 Å². The zero-order valence-corrected chi connectivity index (χ0v) is 12.4. The molecule has 0 radical (unpaired) electrons. The summed E-state index contributed by atoms with van der Waals surface area (Å²) in [4.78, 5) is 10.5. The summed E-state index contributed by atoms with van der Waals surface area (Å²) < 4.78 is 0. The van der Waals surface area contributed by atoms with Gasteiger partial charge in [-0.1, -0.05) is 41.9 Å². The van der Waals surface area contributed by atoms with Crippen molar-refractivity contribution in [2.24, 2.45) is 5.92 Å². The van der Waals surface area contributed by atoms with Crippen LogP contribution < -0.4 is 4.90 Å². The molecule has 5 heteroatoms. The van der Waals surface area contributed by atoms with Gasteiger partial charge >= 0.3 is 0 Å². The Morgan fingerprint density at radius 1 is 1.14 bits per heavy atom. The van der Waals surface area contributed by atoms with E-state index in [2.05, 4.69) is 14.9 Å². The van der Waals surface area contributed by atoms with E-state index >= 15 is 0 Å². The van der Waals surface area contributed by atoms with Gasteiger partial charge < -0.3 is 10.0 Å². The van der Waals surface area contributed by atoms with Crippen LogP contribution in [-0.4, -0.2) is 28.2 Å². The number of hydrogen-bond donors (Lipinski definition) is 1. The number of aliphatic hydroxyl groups excluding tert-OH is 1. The van der Waals surface area contributed by atoms with Gasteiger partial charge in [0.2, 0.25) is 0 Å². The Labute approximate surface area is 129 Å². The quantitative estimate of drug-likeness (QED) is 0.946. The van der Waals surface area contributed by atoms with Crippen LogP contribution in [0.15, 0.2) is 42.7 Å². The van der Waals surface area contributed by atoms with Gasteiger partial charge in [-0.05, 0) is 24.3 Å². The maximum atomic E-state index is 10.5. The van der Waals surface area contributed by atoms with Gasteiger partial charge in [0.25, 0.3) is 0 Å². The average Bonchev–Trinajstić information content (AvgIpc) is 2.55. The maximum absolute atomic E-state index is 10.5. The van der Waals surface area contributed by atoms with Gasteiger partial charge in [-0.25, -0.2) is 4.98 Å². The first-order chi connectivity index (χ1) is 10.2. The van der Waals surface area contributed by atoms with Crippen LogP contribution >= 0.6 is 11.6 Å². The summed E-state index contributed by atoms with van der Waals surface area (Å²) in [6.45, 7) is 1.73. The highest BCUT2D eigenvalue weighted by molar-refractivity contribution is 6.29. The van der Waals surface area contributed by atoms with Crippen LogP contribution in [0.5, 0.6) is 0 Å². The smallest absolute Gasteiger partial charge is 0.149 e. The molecule has 1 aliphatic rings. The summed E-state index contributed by atoms with van der Waals surface area (Å²) in [6.07, 6.45) is 4.75. The van der Waals surface area contributed by atoms with Crippen molar-refractivity contribution in [3.8, 4) is 0 Å². The molecule has 0 unspecified atom stereocenters. The number of hydrogen-bond acceptors (Lipinski definition) is 4. The summed E-state index contributed by atoms with van der Waals surface area (Å²) in [6, 6.07) is 9.88. The second kappa shape index (κ2) is 6.41. The van der Waals surface area contributed by atoms with Crippen molar-refractivity contribution in [1.29, 1.82) is 0 Å². The number of rotatable bonds is 3. The minimum atomic E-state index is -0.390. The highest BCUT2D eigenvalue weighted by atomic mass is 35.5. The SMILES string of the molecule is O[C@H](c1ccccc1)C1CCN(c2cncc(Cl)n2)CC1. The molecule has 0 saturated carbocycles. The summed E-state index contributed by atoms with van der Waals surface area (Å²) in [7, 11) is 0. The van der Waals surface area contributed by atoms with Crippen LogP contribution in [0, 0.1) is 5.92 Å². The molecule has 2 heterocycles.